The first-order chi connectivity index (χ1) is 6.72. The Morgan fingerprint density at radius 2 is 2.29 bits per heavy atom. The molecule has 2 rings (SSSR count). The Labute approximate surface area is 84.8 Å². The maximum Gasteiger partial charge on any atom is 0.0953 e. The number of nitrogens with zero attached hydrogens (tertiary/aromatic N) is 2. The molecule has 0 spiro atoms. The second-order valence-corrected chi connectivity index (χ2v) is 4.45. The van der Waals surface area contributed by atoms with E-state index in [1.54, 1.807) is 0 Å². The van der Waals surface area contributed by atoms with Crippen LogP contribution in [0.1, 0.15) is 38.4 Å². The first kappa shape index (κ1) is 9.71. The number of aromatic nitrogens is 2. The minimum Gasteiger partial charge on any atom is -0.390 e. The van der Waals surface area contributed by atoms with Gasteiger partial charge in [-0.05, 0) is 24.7 Å². The Morgan fingerprint density at radius 1 is 1.50 bits per heavy atom. The van der Waals surface area contributed by atoms with Gasteiger partial charge in [0, 0.05) is 12.2 Å². The topological polar surface area (TPSA) is 38.0 Å². The maximum absolute atomic E-state index is 8.94. The highest BCUT2D eigenvalue weighted by molar-refractivity contribution is 4.98. The van der Waals surface area contributed by atoms with E-state index < -0.39 is 0 Å². The molecule has 0 saturated heterocycles. The van der Waals surface area contributed by atoms with Gasteiger partial charge in [0.15, 0.2) is 0 Å². The standard InChI is InChI=1S/C11H18N2O/c1-8-3-4-11(9(8)2)13-5-10(6-14)12-7-13/h5,7-9,11,14H,3-4,6H2,1-2H3. The van der Waals surface area contributed by atoms with Crippen LogP contribution in [0.25, 0.3) is 0 Å². The third-order valence-electron chi connectivity index (χ3n) is 3.62. The molecule has 1 heterocycles. The lowest BCUT2D eigenvalue weighted by atomic mass is 9.98. The molecule has 0 aromatic carbocycles. The van der Waals surface area contributed by atoms with Crippen LogP contribution in [0.3, 0.4) is 0 Å². The smallest absolute Gasteiger partial charge is 0.0953 e. The van der Waals surface area contributed by atoms with E-state index in [2.05, 4.69) is 23.4 Å². The third-order valence-corrected chi connectivity index (χ3v) is 3.62. The van der Waals surface area contributed by atoms with Gasteiger partial charge in [-0.3, -0.25) is 0 Å². The molecule has 0 radical (unpaired) electrons. The predicted octanol–water partition coefficient (Wildman–Crippen LogP) is 1.98. The van der Waals surface area contributed by atoms with Gasteiger partial charge in [0.1, 0.15) is 0 Å². The van der Waals surface area contributed by atoms with Crippen molar-refractivity contribution in [1.29, 1.82) is 0 Å². The van der Waals surface area contributed by atoms with Gasteiger partial charge in [0.05, 0.1) is 18.6 Å². The molecule has 14 heavy (non-hydrogen) atoms. The van der Waals surface area contributed by atoms with E-state index in [0.717, 1.165) is 17.5 Å². The maximum atomic E-state index is 8.94. The molecule has 1 N–H and O–H groups in total. The van der Waals surface area contributed by atoms with Crippen LogP contribution < -0.4 is 0 Å². The lowest BCUT2D eigenvalue weighted by Gasteiger charge is -2.19. The highest BCUT2D eigenvalue weighted by atomic mass is 16.3. The summed E-state index contributed by atoms with van der Waals surface area (Å²) in [5, 5.41) is 8.94. The van der Waals surface area contributed by atoms with Crippen LogP contribution >= 0.6 is 0 Å². The molecular formula is C11H18N2O. The van der Waals surface area contributed by atoms with Crippen molar-refractivity contribution >= 4 is 0 Å². The zero-order chi connectivity index (χ0) is 10.1. The van der Waals surface area contributed by atoms with Crippen LogP contribution in [0.4, 0.5) is 0 Å². The van der Waals surface area contributed by atoms with Gasteiger partial charge in [-0.2, -0.15) is 0 Å². The van der Waals surface area contributed by atoms with Crippen molar-refractivity contribution in [3.05, 3.63) is 18.2 Å². The molecule has 1 fully saturated rings. The summed E-state index contributed by atoms with van der Waals surface area (Å²) in [6.07, 6.45) is 6.37. The first-order valence-corrected chi connectivity index (χ1v) is 5.35. The first-order valence-electron chi connectivity index (χ1n) is 5.35. The van der Waals surface area contributed by atoms with Crippen LogP contribution in [-0.4, -0.2) is 14.7 Å². The molecule has 0 bridgehead atoms. The molecule has 3 atom stereocenters. The van der Waals surface area contributed by atoms with Crippen molar-refractivity contribution < 1.29 is 5.11 Å². The highest BCUT2D eigenvalue weighted by Crippen LogP contribution is 2.39. The zero-order valence-electron chi connectivity index (χ0n) is 8.85. The van der Waals surface area contributed by atoms with E-state index >= 15 is 0 Å². The van der Waals surface area contributed by atoms with Crippen molar-refractivity contribution in [2.24, 2.45) is 11.8 Å². The summed E-state index contributed by atoms with van der Waals surface area (Å²) in [6.45, 7) is 4.67. The van der Waals surface area contributed by atoms with Crippen molar-refractivity contribution in [3.8, 4) is 0 Å². The molecule has 1 aromatic rings. The van der Waals surface area contributed by atoms with E-state index in [0.29, 0.717) is 6.04 Å². The van der Waals surface area contributed by atoms with Gasteiger partial charge in [0.25, 0.3) is 0 Å². The number of aliphatic hydroxyl groups is 1. The normalized spacial score (nSPS) is 32.4. The SMILES string of the molecule is CC1CCC(n2cnc(CO)c2)C1C. The van der Waals surface area contributed by atoms with Crippen LogP contribution in [0.2, 0.25) is 0 Å². The van der Waals surface area contributed by atoms with Crippen LogP contribution in [0.5, 0.6) is 0 Å². The number of hydrogen-bond acceptors (Lipinski definition) is 2. The number of imidazole rings is 1. The molecule has 3 heteroatoms. The van der Waals surface area contributed by atoms with Crippen LogP contribution in [0, 0.1) is 11.8 Å². The molecular weight excluding hydrogens is 176 g/mol. The molecule has 3 nitrogen and oxygen atoms in total. The van der Waals surface area contributed by atoms with Crippen molar-refractivity contribution in [1.82, 2.24) is 9.55 Å². The van der Waals surface area contributed by atoms with E-state index in [4.69, 9.17) is 5.11 Å². The molecule has 1 saturated carbocycles. The van der Waals surface area contributed by atoms with Crippen LogP contribution in [0.15, 0.2) is 12.5 Å². The lowest BCUT2D eigenvalue weighted by molar-refractivity contribution is 0.277. The molecule has 0 amide bonds. The van der Waals surface area contributed by atoms with Gasteiger partial charge in [0.2, 0.25) is 0 Å². The van der Waals surface area contributed by atoms with Crippen LogP contribution in [-0.2, 0) is 6.61 Å². The summed E-state index contributed by atoms with van der Waals surface area (Å²) < 4.78 is 2.17. The molecule has 3 unspecified atom stereocenters. The molecule has 1 aliphatic carbocycles. The van der Waals surface area contributed by atoms with Gasteiger partial charge in [-0.1, -0.05) is 13.8 Å². The summed E-state index contributed by atoms with van der Waals surface area (Å²) in [7, 11) is 0. The van der Waals surface area contributed by atoms with E-state index in [9.17, 15) is 0 Å². The van der Waals surface area contributed by atoms with E-state index in [1.165, 1.54) is 12.8 Å². The minimum absolute atomic E-state index is 0.0453. The van der Waals surface area contributed by atoms with Crippen molar-refractivity contribution in [3.63, 3.8) is 0 Å². The zero-order valence-corrected chi connectivity index (χ0v) is 8.85. The largest absolute Gasteiger partial charge is 0.390 e. The Kier molecular flexibility index (Phi) is 2.59. The Bertz CT molecular complexity index is 308. The average Bonchev–Trinajstić information content (AvgIpc) is 2.75. The lowest BCUT2D eigenvalue weighted by Crippen LogP contribution is -2.12. The summed E-state index contributed by atoms with van der Waals surface area (Å²) >= 11 is 0. The fraction of sp³-hybridized carbons (Fsp3) is 0.727. The molecule has 0 aliphatic heterocycles. The van der Waals surface area contributed by atoms with Gasteiger partial charge < -0.3 is 9.67 Å². The van der Waals surface area contributed by atoms with Crippen molar-refractivity contribution in [2.75, 3.05) is 0 Å². The number of rotatable bonds is 2. The summed E-state index contributed by atoms with van der Waals surface area (Å²) in [5.74, 6) is 1.52. The Hall–Kier alpha value is -0.830. The molecule has 78 valence electrons. The second-order valence-electron chi connectivity index (χ2n) is 4.45. The average molecular weight is 194 g/mol. The number of aliphatic hydroxyl groups excluding tert-OH is 1. The van der Waals surface area contributed by atoms with Gasteiger partial charge in [-0.15, -0.1) is 0 Å². The van der Waals surface area contributed by atoms with Gasteiger partial charge in [-0.25, -0.2) is 4.98 Å². The van der Waals surface area contributed by atoms with E-state index in [1.807, 2.05) is 12.5 Å². The Morgan fingerprint density at radius 3 is 2.79 bits per heavy atom. The molecule has 1 aromatic heterocycles. The van der Waals surface area contributed by atoms with Crippen molar-refractivity contribution in [2.45, 2.75) is 39.3 Å². The Balaban J connectivity index is 2.15. The quantitative estimate of drug-likeness (QED) is 0.781. The summed E-state index contributed by atoms with van der Waals surface area (Å²) in [6, 6.07) is 0.581. The number of hydrogen-bond donors (Lipinski definition) is 1. The summed E-state index contributed by atoms with van der Waals surface area (Å²) in [4.78, 5) is 4.15. The fourth-order valence-corrected chi connectivity index (χ4v) is 2.40. The highest BCUT2D eigenvalue weighted by Gasteiger charge is 2.30. The molecule has 1 aliphatic rings. The third kappa shape index (κ3) is 1.57. The fourth-order valence-electron chi connectivity index (χ4n) is 2.40. The monoisotopic (exact) mass is 194 g/mol. The predicted molar refractivity (Wildman–Crippen MR) is 54.7 cm³/mol. The van der Waals surface area contributed by atoms with Gasteiger partial charge >= 0.3 is 0 Å². The second kappa shape index (κ2) is 3.73. The van der Waals surface area contributed by atoms with E-state index in [-0.39, 0.29) is 6.61 Å². The minimum atomic E-state index is 0.0453. The summed E-state index contributed by atoms with van der Waals surface area (Å²) in [5.41, 5.74) is 0.775.